The van der Waals surface area contributed by atoms with Crippen LogP contribution in [0.4, 0.5) is 11.4 Å². The van der Waals surface area contributed by atoms with Gasteiger partial charge in [0.15, 0.2) is 0 Å². The van der Waals surface area contributed by atoms with Crippen LogP contribution < -0.4 is 4.90 Å². The lowest BCUT2D eigenvalue weighted by Gasteiger charge is -2.24. The molecule has 1 nitrogen and oxygen atoms in total. The van der Waals surface area contributed by atoms with Crippen molar-refractivity contribution >= 4 is 11.4 Å². The van der Waals surface area contributed by atoms with E-state index in [1.54, 1.807) is 0 Å². The van der Waals surface area contributed by atoms with Crippen LogP contribution in [0.25, 0.3) is 11.1 Å². The van der Waals surface area contributed by atoms with Crippen LogP contribution in [-0.4, -0.2) is 7.05 Å². The predicted molar refractivity (Wildman–Crippen MR) is 112 cm³/mol. The molecule has 0 aromatic heterocycles. The molecule has 0 bridgehead atoms. The first-order chi connectivity index (χ1) is 12.8. The van der Waals surface area contributed by atoms with Crippen LogP contribution in [0.5, 0.6) is 0 Å². The Morgan fingerprint density at radius 1 is 0.615 bits per heavy atom. The zero-order chi connectivity index (χ0) is 17.8. The number of anilines is 2. The normalized spacial score (nSPS) is 15.0. The molecular weight excluding hydrogens is 314 g/mol. The Hall–Kier alpha value is -2.54. The second kappa shape index (κ2) is 7.78. The molecule has 0 saturated heterocycles. The van der Waals surface area contributed by atoms with Crippen molar-refractivity contribution in [2.24, 2.45) is 0 Å². The average molecular weight is 341 g/mol. The third-order valence-corrected chi connectivity index (χ3v) is 5.72. The molecule has 0 heterocycles. The molecule has 1 aliphatic rings. The Balaban J connectivity index is 1.49. The summed E-state index contributed by atoms with van der Waals surface area (Å²) in [4.78, 5) is 2.26. The van der Waals surface area contributed by atoms with Gasteiger partial charge in [0.25, 0.3) is 0 Å². The lowest BCUT2D eigenvalue weighted by atomic mass is 9.84. The van der Waals surface area contributed by atoms with E-state index in [9.17, 15) is 0 Å². The summed E-state index contributed by atoms with van der Waals surface area (Å²) >= 11 is 0. The quantitative estimate of drug-likeness (QED) is 0.486. The predicted octanol–water partition coefficient (Wildman–Crippen LogP) is 7.17. The third-order valence-electron chi connectivity index (χ3n) is 5.72. The summed E-state index contributed by atoms with van der Waals surface area (Å²) in [5.74, 6) is 0.772. The minimum Gasteiger partial charge on any atom is -0.345 e. The van der Waals surface area contributed by atoms with Crippen molar-refractivity contribution in [3.05, 3.63) is 84.4 Å². The van der Waals surface area contributed by atoms with Crippen LogP contribution >= 0.6 is 0 Å². The van der Waals surface area contributed by atoms with Gasteiger partial charge in [-0.2, -0.15) is 0 Å². The first-order valence-electron chi connectivity index (χ1n) is 9.80. The lowest BCUT2D eigenvalue weighted by Crippen LogP contribution is -2.10. The van der Waals surface area contributed by atoms with E-state index in [1.807, 2.05) is 0 Å². The number of hydrogen-bond acceptors (Lipinski definition) is 1. The van der Waals surface area contributed by atoms with Gasteiger partial charge in [-0.15, -0.1) is 0 Å². The van der Waals surface area contributed by atoms with Crippen molar-refractivity contribution in [2.45, 2.75) is 38.0 Å². The fourth-order valence-electron chi connectivity index (χ4n) is 4.06. The van der Waals surface area contributed by atoms with Gasteiger partial charge >= 0.3 is 0 Å². The molecule has 0 atom stereocenters. The number of rotatable bonds is 4. The fourth-order valence-corrected chi connectivity index (χ4v) is 4.06. The van der Waals surface area contributed by atoms with Crippen molar-refractivity contribution in [3.8, 4) is 11.1 Å². The van der Waals surface area contributed by atoms with E-state index in [4.69, 9.17) is 0 Å². The van der Waals surface area contributed by atoms with Crippen LogP contribution in [0.3, 0.4) is 0 Å². The summed E-state index contributed by atoms with van der Waals surface area (Å²) in [6, 6.07) is 28.6. The average Bonchev–Trinajstić information content (AvgIpc) is 2.75. The fraction of sp³-hybridized carbons (Fsp3) is 0.280. The number of hydrogen-bond donors (Lipinski definition) is 0. The molecule has 1 fully saturated rings. The standard InChI is InChI=1S/C25H27N/c1-26(24-16-12-22(13-17-24)20-8-4-2-5-9-20)25-18-14-23(15-19-25)21-10-6-3-7-11-21/h2,4-5,8-9,12-19,21H,3,6-7,10-11H2,1H3. The second-order valence-corrected chi connectivity index (χ2v) is 7.40. The van der Waals surface area contributed by atoms with Gasteiger partial charge in [-0.05, 0) is 59.7 Å². The third kappa shape index (κ3) is 3.67. The van der Waals surface area contributed by atoms with E-state index in [-0.39, 0.29) is 0 Å². The van der Waals surface area contributed by atoms with Crippen molar-refractivity contribution in [1.82, 2.24) is 0 Å². The van der Waals surface area contributed by atoms with E-state index in [0.29, 0.717) is 0 Å². The first-order valence-corrected chi connectivity index (χ1v) is 9.80. The first kappa shape index (κ1) is 16.9. The summed E-state index contributed by atoms with van der Waals surface area (Å²) in [7, 11) is 2.15. The summed E-state index contributed by atoms with van der Waals surface area (Å²) in [6.45, 7) is 0. The van der Waals surface area contributed by atoms with E-state index in [2.05, 4.69) is 90.8 Å². The highest BCUT2D eigenvalue weighted by Gasteiger charge is 2.15. The maximum Gasteiger partial charge on any atom is 0.0408 e. The molecule has 0 amide bonds. The highest BCUT2D eigenvalue weighted by atomic mass is 15.1. The van der Waals surface area contributed by atoms with Gasteiger partial charge in [0.05, 0.1) is 0 Å². The largest absolute Gasteiger partial charge is 0.345 e. The summed E-state index contributed by atoms with van der Waals surface area (Å²) in [5.41, 5.74) is 6.50. The summed E-state index contributed by atoms with van der Waals surface area (Å²) in [6.07, 6.45) is 6.91. The Morgan fingerprint density at radius 3 is 1.77 bits per heavy atom. The molecular formula is C25H27N. The molecule has 4 rings (SSSR count). The maximum absolute atomic E-state index is 2.33. The van der Waals surface area contributed by atoms with Gasteiger partial charge in [0, 0.05) is 18.4 Å². The van der Waals surface area contributed by atoms with E-state index in [1.165, 1.54) is 60.2 Å². The Labute approximate surface area is 157 Å². The molecule has 1 aliphatic carbocycles. The highest BCUT2D eigenvalue weighted by Crippen LogP contribution is 2.34. The summed E-state index contributed by atoms with van der Waals surface area (Å²) in [5, 5.41) is 0. The van der Waals surface area contributed by atoms with Gasteiger partial charge < -0.3 is 4.90 Å². The van der Waals surface area contributed by atoms with E-state index in [0.717, 1.165) is 5.92 Å². The molecule has 26 heavy (non-hydrogen) atoms. The Bertz CT molecular complexity index is 812. The minimum atomic E-state index is 0.772. The molecule has 132 valence electrons. The van der Waals surface area contributed by atoms with Gasteiger partial charge in [0.1, 0.15) is 0 Å². The Morgan fingerprint density at radius 2 is 1.15 bits per heavy atom. The van der Waals surface area contributed by atoms with Crippen LogP contribution in [0.2, 0.25) is 0 Å². The molecule has 0 N–H and O–H groups in total. The van der Waals surface area contributed by atoms with Gasteiger partial charge in [-0.1, -0.05) is 73.9 Å². The van der Waals surface area contributed by atoms with E-state index >= 15 is 0 Å². The van der Waals surface area contributed by atoms with Crippen molar-refractivity contribution in [2.75, 3.05) is 11.9 Å². The SMILES string of the molecule is CN(c1ccc(-c2ccccc2)cc1)c1ccc(C2CCCCC2)cc1. The zero-order valence-corrected chi connectivity index (χ0v) is 15.6. The monoisotopic (exact) mass is 341 g/mol. The molecule has 3 aromatic rings. The zero-order valence-electron chi connectivity index (χ0n) is 15.6. The molecule has 0 radical (unpaired) electrons. The molecule has 0 aliphatic heterocycles. The van der Waals surface area contributed by atoms with Crippen LogP contribution in [-0.2, 0) is 0 Å². The van der Waals surface area contributed by atoms with Crippen molar-refractivity contribution in [3.63, 3.8) is 0 Å². The molecule has 0 spiro atoms. The van der Waals surface area contributed by atoms with Gasteiger partial charge in [-0.25, -0.2) is 0 Å². The van der Waals surface area contributed by atoms with Crippen molar-refractivity contribution in [1.29, 1.82) is 0 Å². The highest BCUT2D eigenvalue weighted by molar-refractivity contribution is 5.69. The number of nitrogens with zero attached hydrogens (tertiary/aromatic N) is 1. The molecule has 0 unspecified atom stereocenters. The van der Waals surface area contributed by atoms with Gasteiger partial charge in [-0.3, -0.25) is 0 Å². The van der Waals surface area contributed by atoms with E-state index < -0.39 is 0 Å². The molecule has 1 saturated carbocycles. The minimum absolute atomic E-state index is 0.772. The topological polar surface area (TPSA) is 3.24 Å². The smallest absolute Gasteiger partial charge is 0.0408 e. The molecule has 1 heteroatoms. The van der Waals surface area contributed by atoms with Crippen LogP contribution in [0.1, 0.15) is 43.6 Å². The van der Waals surface area contributed by atoms with Crippen molar-refractivity contribution < 1.29 is 0 Å². The Kier molecular flexibility index (Phi) is 5.06. The maximum atomic E-state index is 2.33. The molecule has 3 aromatic carbocycles. The van der Waals surface area contributed by atoms with Gasteiger partial charge in [0.2, 0.25) is 0 Å². The summed E-state index contributed by atoms with van der Waals surface area (Å²) < 4.78 is 0. The second-order valence-electron chi connectivity index (χ2n) is 7.40. The van der Waals surface area contributed by atoms with Crippen LogP contribution in [0.15, 0.2) is 78.9 Å². The lowest BCUT2D eigenvalue weighted by molar-refractivity contribution is 0.443. The van der Waals surface area contributed by atoms with Crippen LogP contribution in [0, 0.1) is 0 Å². The number of benzene rings is 3.